The summed E-state index contributed by atoms with van der Waals surface area (Å²) in [6, 6.07) is 1.76. The van der Waals surface area contributed by atoms with Gasteiger partial charge in [0.05, 0.1) is 0 Å². The molecule has 8 nitrogen and oxygen atoms in total. The van der Waals surface area contributed by atoms with Crippen LogP contribution < -0.4 is 16.6 Å². The lowest BCUT2D eigenvalue weighted by molar-refractivity contribution is 0.387. The van der Waals surface area contributed by atoms with Gasteiger partial charge < -0.3 is 15.3 Å². The summed E-state index contributed by atoms with van der Waals surface area (Å²) in [6.07, 6.45) is 2.46. The average Bonchev–Trinajstić information content (AvgIpc) is 2.84. The molecule has 8 heteroatoms. The lowest BCUT2D eigenvalue weighted by Gasteiger charge is -2.08. The van der Waals surface area contributed by atoms with E-state index in [1.54, 1.807) is 13.0 Å². The quantitative estimate of drug-likeness (QED) is 0.508. The fraction of sp³-hybridized carbons (Fsp3) is 0.500. The molecule has 4 N–H and O–H groups in total. The molecule has 0 fully saturated rings. The zero-order chi connectivity index (χ0) is 14.4. The van der Waals surface area contributed by atoms with Crippen molar-refractivity contribution in [2.24, 2.45) is 5.84 Å². The average molecular weight is 277 g/mol. The monoisotopic (exact) mass is 277 g/mol. The van der Waals surface area contributed by atoms with Gasteiger partial charge in [-0.1, -0.05) is 12.1 Å². The van der Waals surface area contributed by atoms with Gasteiger partial charge in [0.2, 0.25) is 5.89 Å². The van der Waals surface area contributed by atoms with Crippen LogP contribution in [0.4, 0.5) is 11.6 Å². The summed E-state index contributed by atoms with van der Waals surface area (Å²) in [4.78, 5) is 12.8. The van der Waals surface area contributed by atoms with Gasteiger partial charge in [0.15, 0.2) is 5.82 Å². The maximum absolute atomic E-state index is 5.41. The number of nitrogens with two attached hydrogens (primary N) is 1. The predicted octanol–water partition coefficient (Wildman–Crippen LogP) is 1.06. The Labute approximate surface area is 117 Å². The third kappa shape index (κ3) is 3.89. The Bertz CT molecular complexity index is 554. The molecule has 0 radical (unpaired) electrons. The van der Waals surface area contributed by atoms with Crippen molar-refractivity contribution in [3.05, 3.63) is 23.6 Å². The first kappa shape index (κ1) is 14.2. The summed E-state index contributed by atoms with van der Waals surface area (Å²) in [5, 5.41) is 7.04. The molecule has 2 rings (SSSR count). The molecule has 0 amide bonds. The fourth-order valence-corrected chi connectivity index (χ4v) is 1.74. The van der Waals surface area contributed by atoms with Gasteiger partial charge in [0.25, 0.3) is 0 Å². The molecule has 0 bridgehead atoms. The maximum Gasteiger partial charge on any atom is 0.223 e. The van der Waals surface area contributed by atoms with Gasteiger partial charge in [0, 0.05) is 32.4 Å². The summed E-state index contributed by atoms with van der Waals surface area (Å²) in [6.45, 7) is 4.51. The lowest BCUT2D eigenvalue weighted by Crippen LogP contribution is -2.13. The smallest absolute Gasteiger partial charge is 0.223 e. The van der Waals surface area contributed by atoms with E-state index < -0.39 is 0 Å². The molecule has 0 unspecified atom stereocenters. The van der Waals surface area contributed by atoms with E-state index in [1.165, 1.54) is 0 Å². The fourth-order valence-electron chi connectivity index (χ4n) is 1.74. The summed E-state index contributed by atoms with van der Waals surface area (Å²) in [7, 11) is 0. The molecule has 0 aliphatic rings. The van der Waals surface area contributed by atoms with Crippen LogP contribution in [0.1, 0.15) is 30.9 Å². The van der Waals surface area contributed by atoms with Gasteiger partial charge in [-0.15, -0.1) is 0 Å². The highest BCUT2D eigenvalue weighted by Crippen LogP contribution is 2.11. The molecule has 0 aliphatic carbocycles. The van der Waals surface area contributed by atoms with E-state index in [4.69, 9.17) is 10.4 Å². The molecule has 0 spiro atoms. The van der Waals surface area contributed by atoms with E-state index in [0.29, 0.717) is 30.5 Å². The van der Waals surface area contributed by atoms with Crippen LogP contribution in [0.25, 0.3) is 0 Å². The molecule has 108 valence electrons. The Morgan fingerprint density at radius 1 is 1.15 bits per heavy atom. The van der Waals surface area contributed by atoms with Crippen LogP contribution in [0.3, 0.4) is 0 Å². The summed E-state index contributed by atoms with van der Waals surface area (Å²) >= 11 is 0. The van der Waals surface area contributed by atoms with Crippen LogP contribution in [-0.2, 0) is 12.8 Å². The summed E-state index contributed by atoms with van der Waals surface area (Å²) in [5.41, 5.74) is 2.55. The van der Waals surface area contributed by atoms with Gasteiger partial charge in [0.1, 0.15) is 17.5 Å². The van der Waals surface area contributed by atoms with Gasteiger partial charge in [-0.2, -0.15) is 4.98 Å². The normalized spacial score (nSPS) is 10.6. The SMILES string of the molecule is CCCc1nc(NN)cc(NCCc2noc(C)n2)n1. The third-order valence-electron chi connectivity index (χ3n) is 2.62. The van der Waals surface area contributed by atoms with E-state index in [1.807, 2.05) is 0 Å². The number of hydrogen-bond donors (Lipinski definition) is 3. The number of nitrogen functional groups attached to an aromatic ring is 1. The Kier molecular flexibility index (Phi) is 4.83. The number of nitrogens with zero attached hydrogens (tertiary/aromatic N) is 4. The van der Waals surface area contributed by atoms with E-state index in [-0.39, 0.29) is 0 Å². The molecule has 2 aromatic rings. The second kappa shape index (κ2) is 6.80. The Hall–Kier alpha value is -2.22. The highest BCUT2D eigenvalue weighted by Gasteiger charge is 2.05. The largest absolute Gasteiger partial charge is 0.369 e. The van der Waals surface area contributed by atoms with Crippen molar-refractivity contribution in [3.8, 4) is 0 Å². The van der Waals surface area contributed by atoms with Crippen molar-refractivity contribution in [3.63, 3.8) is 0 Å². The number of rotatable bonds is 7. The summed E-state index contributed by atoms with van der Waals surface area (Å²) < 4.78 is 4.91. The minimum absolute atomic E-state index is 0.571. The molecule has 0 aliphatic heterocycles. The van der Waals surface area contributed by atoms with Crippen molar-refractivity contribution in [2.75, 3.05) is 17.3 Å². The number of aryl methyl sites for hydroxylation is 2. The van der Waals surface area contributed by atoms with Gasteiger partial charge in [-0.3, -0.25) is 0 Å². The number of hydrogen-bond acceptors (Lipinski definition) is 8. The number of nitrogens with one attached hydrogen (secondary N) is 2. The zero-order valence-electron chi connectivity index (χ0n) is 11.7. The van der Waals surface area contributed by atoms with Crippen molar-refractivity contribution in [1.29, 1.82) is 0 Å². The van der Waals surface area contributed by atoms with E-state index in [9.17, 15) is 0 Å². The Balaban J connectivity index is 1.95. The topological polar surface area (TPSA) is 115 Å². The Morgan fingerprint density at radius 3 is 2.60 bits per heavy atom. The molecule has 0 saturated carbocycles. The van der Waals surface area contributed by atoms with Crippen LogP contribution >= 0.6 is 0 Å². The molecule has 0 atom stereocenters. The molecule has 2 aromatic heterocycles. The van der Waals surface area contributed by atoms with E-state index in [0.717, 1.165) is 24.5 Å². The molecule has 0 aromatic carbocycles. The van der Waals surface area contributed by atoms with Crippen LogP contribution in [-0.4, -0.2) is 26.7 Å². The minimum Gasteiger partial charge on any atom is -0.369 e. The molecule has 20 heavy (non-hydrogen) atoms. The zero-order valence-corrected chi connectivity index (χ0v) is 11.7. The highest BCUT2D eigenvalue weighted by atomic mass is 16.5. The van der Waals surface area contributed by atoms with Crippen LogP contribution in [0.15, 0.2) is 10.6 Å². The van der Waals surface area contributed by atoms with E-state index >= 15 is 0 Å². The molecule has 0 saturated heterocycles. The second-order valence-electron chi connectivity index (χ2n) is 4.36. The number of anilines is 2. The molecular weight excluding hydrogens is 258 g/mol. The standard InChI is InChI=1S/C12H19N7O/c1-3-4-9-16-11(7-12(17-9)18-13)14-6-5-10-15-8(2)20-19-10/h7H,3-6,13H2,1-2H3,(H2,14,16,17,18). The van der Waals surface area contributed by atoms with Crippen LogP contribution in [0.5, 0.6) is 0 Å². The van der Waals surface area contributed by atoms with E-state index in [2.05, 4.69) is 37.8 Å². The van der Waals surface area contributed by atoms with Gasteiger partial charge in [-0.25, -0.2) is 15.8 Å². The van der Waals surface area contributed by atoms with Gasteiger partial charge in [-0.05, 0) is 6.42 Å². The molecule has 2 heterocycles. The van der Waals surface area contributed by atoms with Crippen molar-refractivity contribution >= 4 is 11.6 Å². The minimum atomic E-state index is 0.571. The number of aromatic nitrogens is 4. The summed E-state index contributed by atoms with van der Waals surface area (Å²) in [5.74, 6) is 8.75. The first-order chi connectivity index (χ1) is 9.71. The van der Waals surface area contributed by atoms with Crippen molar-refractivity contribution in [1.82, 2.24) is 20.1 Å². The van der Waals surface area contributed by atoms with Crippen LogP contribution in [0.2, 0.25) is 0 Å². The molecular formula is C12H19N7O. The second-order valence-corrected chi connectivity index (χ2v) is 4.36. The highest BCUT2D eigenvalue weighted by molar-refractivity contribution is 5.46. The van der Waals surface area contributed by atoms with Gasteiger partial charge >= 0.3 is 0 Å². The first-order valence-electron chi connectivity index (χ1n) is 6.59. The Morgan fingerprint density at radius 2 is 1.95 bits per heavy atom. The predicted molar refractivity (Wildman–Crippen MR) is 75.1 cm³/mol. The first-order valence-corrected chi connectivity index (χ1v) is 6.59. The number of hydrazine groups is 1. The third-order valence-corrected chi connectivity index (χ3v) is 2.62. The van der Waals surface area contributed by atoms with Crippen molar-refractivity contribution in [2.45, 2.75) is 33.1 Å². The maximum atomic E-state index is 5.41. The van der Waals surface area contributed by atoms with Crippen molar-refractivity contribution < 1.29 is 4.52 Å². The van der Waals surface area contributed by atoms with Crippen LogP contribution in [0, 0.1) is 6.92 Å². The lowest BCUT2D eigenvalue weighted by atomic mass is 10.3.